The summed E-state index contributed by atoms with van der Waals surface area (Å²) in [6, 6.07) is 6.86. The number of anilines is 1. The maximum Gasteiger partial charge on any atom is 0.350 e. The van der Waals surface area contributed by atoms with Crippen molar-refractivity contribution in [2.75, 3.05) is 19.5 Å². The van der Waals surface area contributed by atoms with Gasteiger partial charge in [0.25, 0.3) is 0 Å². The zero-order valence-electron chi connectivity index (χ0n) is 17.9. The van der Waals surface area contributed by atoms with Crippen LogP contribution >= 0.6 is 0 Å². The van der Waals surface area contributed by atoms with Crippen molar-refractivity contribution in [1.82, 2.24) is 19.6 Å². The molecule has 1 unspecified atom stereocenters. The second kappa shape index (κ2) is 8.86. The first-order chi connectivity index (χ1) is 14.7. The highest BCUT2D eigenvalue weighted by Crippen LogP contribution is 2.27. The number of carbonyl (C=O) groups is 1. The molecule has 2 heterocycles. The number of carbonyl (C=O) groups excluding carboxylic acids is 1. The maximum absolute atomic E-state index is 12.8. The molecule has 1 aromatic carbocycles. The van der Waals surface area contributed by atoms with Crippen LogP contribution in [-0.2, 0) is 11.3 Å². The topological polar surface area (TPSA) is 126 Å². The number of benzene rings is 1. The van der Waals surface area contributed by atoms with Gasteiger partial charge in [0.2, 0.25) is 5.91 Å². The Morgan fingerprint density at radius 3 is 2.61 bits per heavy atom. The summed E-state index contributed by atoms with van der Waals surface area (Å²) in [5, 5.41) is 22.5. The van der Waals surface area contributed by atoms with Gasteiger partial charge in [0.05, 0.1) is 42.8 Å². The molecular weight excluding hydrogens is 404 g/mol. The lowest BCUT2D eigenvalue weighted by atomic mass is 10.2. The van der Waals surface area contributed by atoms with E-state index in [1.165, 1.54) is 18.0 Å². The summed E-state index contributed by atoms with van der Waals surface area (Å²) in [6.45, 7) is 5.77. The lowest BCUT2D eigenvalue weighted by Gasteiger charge is -2.13. The molecule has 31 heavy (non-hydrogen) atoms. The molecule has 0 saturated carbocycles. The Hall–Kier alpha value is -3.89. The van der Waals surface area contributed by atoms with Gasteiger partial charge in [-0.2, -0.15) is 5.10 Å². The van der Waals surface area contributed by atoms with Gasteiger partial charge in [-0.05, 0) is 38.5 Å². The zero-order valence-corrected chi connectivity index (χ0v) is 17.9. The van der Waals surface area contributed by atoms with Crippen molar-refractivity contribution in [2.45, 2.75) is 33.4 Å². The van der Waals surface area contributed by atoms with E-state index in [2.05, 4.69) is 15.5 Å². The molecule has 1 atom stereocenters. The molecule has 0 spiro atoms. The van der Waals surface area contributed by atoms with Crippen LogP contribution in [0.5, 0.6) is 11.6 Å². The van der Waals surface area contributed by atoms with Gasteiger partial charge in [-0.15, -0.1) is 5.10 Å². The van der Waals surface area contributed by atoms with E-state index < -0.39 is 11.0 Å². The molecule has 3 rings (SSSR count). The minimum Gasteiger partial charge on any atom is -0.497 e. The summed E-state index contributed by atoms with van der Waals surface area (Å²) in [5.74, 6) is 0.223. The number of methoxy groups -OCH3 is 2. The largest absolute Gasteiger partial charge is 0.497 e. The van der Waals surface area contributed by atoms with E-state index in [0.717, 1.165) is 17.0 Å². The molecular formula is C20H24N6O5. The van der Waals surface area contributed by atoms with E-state index in [0.29, 0.717) is 17.9 Å². The fourth-order valence-electron chi connectivity index (χ4n) is 3.16. The normalized spacial score (nSPS) is 11.8. The number of ether oxygens (including phenoxy) is 2. The molecule has 0 aliphatic carbocycles. The van der Waals surface area contributed by atoms with Crippen LogP contribution in [0.15, 0.2) is 30.5 Å². The van der Waals surface area contributed by atoms with Crippen LogP contribution in [0.3, 0.4) is 0 Å². The van der Waals surface area contributed by atoms with Gasteiger partial charge in [-0.25, -0.2) is 4.68 Å². The second-order valence-electron chi connectivity index (χ2n) is 6.98. The zero-order chi connectivity index (χ0) is 22.7. The summed E-state index contributed by atoms with van der Waals surface area (Å²) in [5.41, 5.74) is 2.73. The lowest BCUT2D eigenvalue weighted by molar-refractivity contribution is -0.385. The van der Waals surface area contributed by atoms with Crippen LogP contribution in [0.4, 0.5) is 11.4 Å². The van der Waals surface area contributed by atoms with Gasteiger partial charge in [0.15, 0.2) is 0 Å². The Morgan fingerprint density at radius 1 is 1.26 bits per heavy atom. The quantitative estimate of drug-likeness (QED) is 0.432. The highest BCUT2D eigenvalue weighted by atomic mass is 16.6. The smallest absolute Gasteiger partial charge is 0.350 e. The minimum atomic E-state index is -0.803. The molecule has 164 valence electrons. The fourth-order valence-corrected chi connectivity index (χ4v) is 3.16. The predicted molar refractivity (Wildman–Crippen MR) is 113 cm³/mol. The molecule has 0 aliphatic rings. The number of aryl methyl sites for hydroxylation is 1. The lowest BCUT2D eigenvalue weighted by Crippen LogP contribution is -2.24. The maximum atomic E-state index is 12.8. The summed E-state index contributed by atoms with van der Waals surface area (Å²) < 4.78 is 13.2. The van der Waals surface area contributed by atoms with E-state index in [-0.39, 0.29) is 17.5 Å². The number of hydrogen-bond acceptors (Lipinski definition) is 7. The predicted octanol–water partition coefficient (Wildman–Crippen LogP) is 2.87. The molecule has 1 N–H and O–H groups in total. The number of nitrogens with zero attached hydrogens (tertiary/aromatic N) is 5. The van der Waals surface area contributed by atoms with E-state index in [1.54, 1.807) is 25.6 Å². The Morgan fingerprint density at radius 2 is 2.00 bits per heavy atom. The molecule has 0 saturated heterocycles. The molecule has 11 heteroatoms. The molecule has 2 aromatic heterocycles. The number of hydrogen-bond donors (Lipinski definition) is 1. The van der Waals surface area contributed by atoms with Gasteiger partial charge in [0.1, 0.15) is 18.0 Å². The van der Waals surface area contributed by atoms with E-state index in [1.807, 2.05) is 31.2 Å². The van der Waals surface area contributed by atoms with Crippen molar-refractivity contribution in [3.05, 3.63) is 57.5 Å². The number of rotatable bonds is 8. The Labute approximate surface area is 178 Å². The van der Waals surface area contributed by atoms with Gasteiger partial charge in [0, 0.05) is 0 Å². The fraction of sp³-hybridized carbons (Fsp3) is 0.350. The third kappa shape index (κ3) is 4.49. The summed E-state index contributed by atoms with van der Waals surface area (Å²) >= 11 is 0. The average molecular weight is 428 g/mol. The summed E-state index contributed by atoms with van der Waals surface area (Å²) in [7, 11) is 2.90. The van der Waals surface area contributed by atoms with Crippen LogP contribution in [0.2, 0.25) is 0 Å². The molecule has 0 aliphatic heterocycles. The third-order valence-electron chi connectivity index (χ3n) is 4.94. The van der Waals surface area contributed by atoms with Crippen molar-refractivity contribution < 1.29 is 19.2 Å². The number of amides is 1. The monoisotopic (exact) mass is 428 g/mol. The Balaban J connectivity index is 1.79. The van der Waals surface area contributed by atoms with Crippen molar-refractivity contribution >= 4 is 17.3 Å². The first kappa shape index (κ1) is 21.8. The summed E-state index contributed by atoms with van der Waals surface area (Å²) in [4.78, 5) is 23.3. The first-order valence-electron chi connectivity index (χ1n) is 9.50. The van der Waals surface area contributed by atoms with Gasteiger partial charge in [-0.3, -0.25) is 19.6 Å². The van der Waals surface area contributed by atoms with E-state index >= 15 is 0 Å². The van der Waals surface area contributed by atoms with Crippen molar-refractivity contribution in [1.29, 1.82) is 0 Å². The van der Waals surface area contributed by atoms with Gasteiger partial charge >= 0.3 is 11.6 Å². The number of nitrogens with one attached hydrogen (secondary N) is 1. The van der Waals surface area contributed by atoms with Crippen molar-refractivity contribution in [3.63, 3.8) is 0 Å². The molecule has 0 radical (unpaired) electrons. The molecule has 3 aromatic rings. The SMILES string of the molecule is COc1cccc(Cn2nc(C)c(NC(=O)C(C)n3cc([N+](=O)[O-])c(OC)n3)c2C)c1. The first-order valence-corrected chi connectivity index (χ1v) is 9.50. The number of aromatic nitrogens is 4. The second-order valence-corrected chi connectivity index (χ2v) is 6.98. The van der Waals surface area contributed by atoms with E-state index in [9.17, 15) is 14.9 Å². The highest BCUT2D eigenvalue weighted by molar-refractivity contribution is 5.94. The summed E-state index contributed by atoms with van der Waals surface area (Å²) in [6.07, 6.45) is 1.18. The van der Waals surface area contributed by atoms with Crippen molar-refractivity contribution in [3.8, 4) is 11.6 Å². The van der Waals surface area contributed by atoms with E-state index in [4.69, 9.17) is 9.47 Å². The minimum absolute atomic E-state index is 0.150. The molecule has 1 amide bonds. The Bertz CT molecular complexity index is 1120. The number of nitro groups is 1. The van der Waals surface area contributed by atoms with Crippen LogP contribution < -0.4 is 14.8 Å². The highest BCUT2D eigenvalue weighted by Gasteiger charge is 2.26. The molecule has 11 nitrogen and oxygen atoms in total. The van der Waals surface area contributed by atoms with Gasteiger partial charge < -0.3 is 14.8 Å². The molecule has 0 bridgehead atoms. The standard InChI is InChI=1S/C20H24N6O5/c1-12-18(13(2)24(22-12)10-15-7-6-8-16(9-15)30-4)21-19(27)14(3)25-11-17(26(28)29)20(23-25)31-5/h6-9,11,14H,10H2,1-5H3,(H,21,27). The average Bonchev–Trinajstić information content (AvgIpc) is 3.30. The van der Waals surface area contributed by atoms with Crippen LogP contribution in [0.25, 0.3) is 0 Å². The third-order valence-corrected chi connectivity index (χ3v) is 4.94. The molecule has 0 fully saturated rings. The van der Waals surface area contributed by atoms with Crippen LogP contribution in [0, 0.1) is 24.0 Å². The van der Waals surface area contributed by atoms with Crippen LogP contribution in [-0.4, -0.2) is 44.6 Å². The Kier molecular flexibility index (Phi) is 6.23. The van der Waals surface area contributed by atoms with Crippen molar-refractivity contribution in [2.24, 2.45) is 0 Å². The van der Waals surface area contributed by atoms with Gasteiger partial charge in [-0.1, -0.05) is 12.1 Å². The van der Waals surface area contributed by atoms with Crippen LogP contribution in [0.1, 0.15) is 29.9 Å².